The van der Waals surface area contributed by atoms with Crippen LogP contribution < -0.4 is 0 Å². The molecule has 11 aromatic rings. The van der Waals surface area contributed by atoms with Crippen LogP contribution in [0.1, 0.15) is 25.0 Å². The largest absolute Gasteiger partial charge is 0.456 e. The normalized spacial score (nSPS) is 13.5. The maximum atomic E-state index is 6.36. The molecular weight excluding hydrogens is 657 g/mol. The highest BCUT2D eigenvalue weighted by atomic mass is 16.3. The van der Waals surface area contributed by atoms with Crippen molar-refractivity contribution in [3.05, 3.63) is 181 Å². The Balaban J connectivity index is 1.06. The van der Waals surface area contributed by atoms with Gasteiger partial charge >= 0.3 is 0 Å². The molecule has 0 aliphatic heterocycles. The predicted molar refractivity (Wildman–Crippen MR) is 225 cm³/mol. The standard InChI is InChI=1S/C51H34N2O/c1-51(2)43-15-7-3-11-35(43)36-25-21-33(29-44(36)51)52-45-16-8-4-12-37(45)39-23-19-31(27-47(39)52)32-20-24-40-38-13-5-9-17-46(38)53(48(40)28-32)34-22-26-42-41-14-6-10-18-49(41)54-50(42)30-34/h3-30H,1-2H3. The van der Waals surface area contributed by atoms with Crippen LogP contribution in [0.4, 0.5) is 0 Å². The predicted octanol–water partition coefficient (Wildman–Crippen LogP) is 13.8. The molecule has 254 valence electrons. The van der Waals surface area contributed by atoms with E-state index in [1.807, 2.05) is 12.1 Å². The second-order valence-corrected chi connectivity index (χ2v) is 15.3. The van der Waals surface area contributed by atoms with Crippen LogP contribution in [-0.4, -0.2) is 9.13 Å². The minimum absolute atomic E-state index is 0.0747. The van der Waals surface area contributed by atoms with Crippen LogP contribution in [0.3, 0.4) is 0 Å². The van der Waals surface area contributed by atoms with Crippen LogP contribution in [0.15, 0.2) is 174 Å². The number of hydrogen-bond acceptors (Lipinski definition) is 1. The molecule has 3 nitrogen and oxygen atoms in total. The van der Waals surface area contributed by atoms with E-state index >= 15 is 0 Å². The van der Waals surface area contributed by atoms with Crippen molar-refractivity contribution in [2.45, 2.75) is 19.3 Å². The number of rotatable bonds is 3. The maximum Gasteiger partial charge on any atom is 0.137 e. The van der Waals surface area contributed by atoms with Crippen LogP contribution >= 0.6 is 0 Å². The second-order valence-electron chi connectivity index (χ2n) is 15.3. The van der Waals surface area contributed by atoms with Crippen LogP contribution in [0, 0.1) is 0 Å². The van der Waals surface area contributed by atoms with Crippen molar-refractivity contribution < 1.29 is 4.42 Å². The second kappa shape index (κ2) is 10.6. The number of nitrogens with zero attached hydrogens (tertiary/aromatic N) is 2. The van der Waals surface area contributed by atoms with Gasteiger partial charge in [-0.1, -0.05) is 123 Å². The third-order valence-electron chi connectivity index (χ3n) is 12.1. The van der Waals surface area contributed by atoms with Crippen LogP contribution in [-0.2, 0) is 5.41 Å². The molecule has 1 aliphatic carbocycles. The quantitative estimate of drug-likeness (QED) is 0.181. The number of aromatic nitrogens is 2. The van der Waals surface area contributed by atoms with Crippen molar-refractivity contribution in [1.29, 1.82) is 0 Å². The lowest BCUT2D eigenvalue weighted by molar-refractivity contribution is 0.660. The van der Waals surface area contributed by atoms with Gasteiger partial charge in [0.2, 0.25) is 0 Å². The van der Waals surface area contributed by atoms with Gasteiger partial charge in [0, 0.05) is 55.2 Å². The summed E-state index contributed by atoms with van der Waals surface area (Å²) in [7, 11) is 0. The molecule has 0 saturated carbocycles. The summed E-state index contributed by atoms with van der Waals surface area (Å²) < 4.78 is 11.2. The Hall–Kier alpha value is -6.84. The first-order chi connectivity index (χ1) is 26.5. The van der Waals surface area contributed by atoms with Gasteiger partial charge in [0.15, 0.2) is 0 Å². The van der Waals surface area contributed by atoms with E-state index in [1.54, 1.807) is 0 Å². The summed E-state index contributed by atoms with van der Waals surface area (Å²) in [6.07, 6.45) is 0. The Labute approximate surface area is 311 Å². The fourth-order valence-electron chi connectivity index (χ4n) is 9.54. The maximum absolute atomic E-state index is 6.36. The zero-order valence-electron chi connectivity index (χ0n) is 30.0. The molecule has 0 atom stereocenters. The van der Waals surface area contributed by atoms with Gasteiger partial charge in [0.05, 0.1) is 22.1 Å². The molecule has 0 spiro atoms. The molecule has 0 radical (unpaired) electrons. The van der Waals surface area contributed by atoms with Crippen molar-refractivity contribution >= 4 is 65.6 Å². The van der Waals surface area contributed by atoms with Gasteiger partial charge in [-0.2, -0.15) is 0 Å². The Bertz CT molecular complexity index is 3370. The third kappa shape index (κ3) is 3.96. The molecule has 0 saturated heterocycles. The molecule has 0 fully saturated rings. The number of fused-ring (bicyclic) bond motifs is 12. The van der Waals surface area contributed by atoms with E-state index in [0.29, 0.717) is 0 Å². The van der Waals surface area contributed by atoms with E-state index in [2.05, 4.69) is 181 Å². The number of para-hydroxylation sites is 3. The van der Waals surface area contributed by atoms with E-state index < -0.39 is 0 Å². The molecule has 12 rings (SSSR count). The van der Waals surface area contributed by atoms with Gasteiger partial charge in [0.25, 0.3) is 0 Å². The van der Waals surface area contributed by atoms with Crippen LogP contribution in [0.5, 0.6) is 0 Å². The molecule has 0 bridgehead atoms. The summed E-state index contributed by atoms with van der Waals surface area (Å²) in [5, 5.41) is 7.27. The van der Waals surface area contributed by atoms with Crippen LogP contribution in [0.2, 0.25) is 0 Å². The van der Waals surface area contributed by atoms with Gasteiger partial charge in [0.1, 0.15) is 11.2 Å². The van der Waals surface area contributed by atoms with Crippen molar-refractivity contribution in [2.24, 2.45) is 0 Å². The Morgan fingerprint density at radius 1 is 0.370 bits per heavy atom. The van der Waals surface area contributed by atoms with Crippen molar-refractivity contribution in [3.63, 3.8) is 0 Å². The molecular formula is C51H34N2O. The minimum Gasteiger partial charge on any atom is -0.456 e. The Morgan fingerprint density at radius 2 is 0.870 bits per heavy atom. The van der Waals surface area contributed by atoms with Gasteiger partial charge in [-0.25, -0.2) is 0 Å². The molecule has 3 heterocycles. The summed E-state index contributed by atoms with van der Waals surface area (Å²) >= 11 is 0. The molecule has 8 aromatic carbocycles. The van der Waals surface area contributed by atoms with Gasteiger partial charge in [-0.3, -0.25) is 0 Å². The third-order valence-corrected chi connectivity index (χ3v) is 12.1. The first-order valence-corrected chi connectivity index (χ1v) is 18.8. The van der Waals surface area contributed by atoms with Gasteiger partial charge in [-0.15, -0.1) is 0 Å². The summed E-state index contributed by atoms with van der Waals surface area (Å²) in [5.41, 5.74) is 16.6. The highest BCUT2D eigenvalue weighted by molar-refractivity contribution is 6.13. The lowest BCUT2D eigenvalue weighted by atomic mass is 9.82. The van der Waals surface area contributed by atoms with E-state index in [-0.39, 0.29) is 5.41 Å². The van der Waals surface area contributed by atoms with E-state index in [0.717, 1.165) is 27.6 Å². The smallest absolute Gasteiger partial charge is 0.137 e. The number of hydrogen-bond donors (Lipinski definition) is 0. The molecule has 0 N–H and O–H groups in total. The molecule has 0 amide bonds. The molecule has 54 heavy (non-hydrogen) atoms. The van der Waals surface area contributed by atoms with E-state index in [1.165, 1.54) is 82.7 Å². The Kier molecular flexibility index (Phi) is 5.84. The fourth-order valence-corrected chi connectivity index (χ4v) is 9.54. The first kappa shape index (κ1) is 29.7. The van der Waals surface area contributed by atoms with Crippen molar-refractivity contribution in [2.75, 3.05) is 0 Å². The Morgan fingerprint density at radius 3 is 1.57 bits per heavy atom. The molecule has 0 unspecified atom stereocenters. The molecule has 1 aliphatic rings. The van der Waals surface area contributed by atoms with Gasteiger partial charge < -0.3 is 13.6 Å². The minimum atomic E-state index is -0.0747. The highest BCUT2D eigenvalue weighted by Crippen LogP contribution is 2.49. The topological polar surface area (TPSA) is 23.0 Å². The summed E-state index contributed by atoms with van der Waals surface area (Å²) in [4.78, 5) is 0. The van der Waals surface area contributed by atoms with Crippen molar-refractivity contribution in [3.8, 4) is 33.6 Å². The average molecular weight is 691 g/mol. The zero-order chi connectivity index (χ0) is 35.7. The lowest BCUT2D eigenvalue weighted by Crippen LogP contribution is -2.15. The average Bonchev–Trinajstić information content (AvgIpc) is 3.92. The van der Waals surface area contributed by atoms with Gasteiger partial charge in [-0.05, 0) is 88.0 Å². The number of furan rings is 1. The summed E-state index contributed by atoms with van der Waals surface area (Å²) in [6.45, 7) is 4.71. The monoisotopic (exact) mass is 690 g/mol. The van der Waals surface area contributed by atoms with E-state index in [9.17, 15) is 0 Å². The first-order valence-electron chi connectivity index (χ1n) is 18.8. The molecule has 3 heteroatoms. The summed E-state index contributed by atoms with van der Waals surface area (Å²) in [5.74, 6) is 0. The highest BCUT2D eigenvalue weighted by Gasteiger charge is 2.35. The SMILES string of the molecule is CC1(C)c2ccccc2-c2ccc(-n3c4ccccc4c4ccc(-c5ccc6c7ccccc7n(-c7ccc8c(c7)oc7ccccc78)c6c5)cc43)cc21. The zero-order valence-corrected chi connectivity index (χ0v) is 30.0. The van der Waals surface area contributed by atoms with Crippen molar-refractivity contribution in [1.82, 2.24) is 9.13 Å². The number of benzene rings is 8. The van der Waals surface area contributed by atoms with Crippen LogP contribution in [0.25, 0.3) is 99.2 Å². The van der Waals surface area contributed by atoms with E-state index in [4.69, 9.17) is 4.42 Å². The summed E-state index contributed by atoms with van der Waals surface area (Å²) in [6, 6.07) is 62.3. The molecule has 3 aromatic heterocycles. The fraction of sp³-hybridized carbons (Fsp3) is 0.0588. The lowest BCUT2D eigenvalue weighted by Gasteiger charge is -2.22.